The lowest BCUT2D eigenvalue weighted by Crippen LogP contribution is -3.98. The minimum Gasteiger partial charge on any atom is -0.395 e. The maximum atomic E-state index is 13.3. The Morgan fingerprint density at radius 2 is 1.83 bits per heavy atom. The molecule has 1 heterocycles. The van der Waals surface area contributed by atoms with Gasteiger partial charge in [-0.2, -0.15) is 13.2 Å². The first kappa shape index (κ1) is 14.1. The van der Waals surface area contributed by atoms with E-state index in [0.717, 1.165) is 0 Å². The highest BCUT2D eigenvalue weighted by Gasteiger charge is 2.63. The van der Waals surface area contributed by atoms with Crippen LogP contribution in [0.3, 0.4) is 0 Å². The van der Waals surface area contributed by atoms with Gasteiger partial charge in [0, 0.05) is 12.3 Å². The molecule has 0 aliphatic carbocycles. The zero-order valence-electron chi connectivity index (χ0n) is 9.03. The van der Waals surface area contributed by atoms with Gasteiger partial charge in [-0.3, -0.25) is 0 Å². The molecule has 1 aliphatic heterocycles. The van der Waals surface area contributed by atoms with Crippen LogP contribution < -0.4 is 27.9 Å². The molecule has 0 saturated heterocycles. The number of allylic oxidation sites excluding steroid dienone is 1. The molecule has 0 aromatic heterocycles. The van der Waals surface area contributed by atoms with Gasteiger partial charge < -0.3 is 6.87 Å². The van der Waals surface area contributed by atoms with E-state index in [0.29, 0.717) is 5.56 Å². The average molecular weight is 392 g/mol. The van der Waals surface area contributed by atoms with Crippen LogP contribution in [-0.2, 0) is 2.51 Å². The van der Waals surface area contributed by atoms with E-state index in [1.54, 1.807) is 6.07 Å². The van der Waals surface area contributed by atoms with E-state index in [-0.39, 0.29) is 9.80 Å². The SMILES string of the molecule is CC1=Cc2ccccc2S1(O[I+2]([O-])[O-])C(F)(F)F. The molecule has 1 aromatic carbocycles. The number of hydrogen-bond donors (Lipinski definition) is 0. The van der Waals surface area contributed by atoms with Crippen molar-refractivity contribution in [1.82, 2.24) is 0 Å². The van der Waals surface area contributed by atoms with Crippen LogP contribution in [0.15, 0.2) is 34.1 Å². The summed E-state index contributed by atoms with van der Waals surface area (Å²) in [4.78, 5) is -0.186. The second-order valence-corrected chi connectivity index (χ2v) is 8.49. The molecule has 1 aliphatic rings. The normalized spacial score (nSPS) is 26.7. The van der Waals surface area contributed by atoms with Crippen molar-refractivity contribution in [3.63, 3.8) is 0 Å². The highest BCUT2D eigenvalue weighted by molar-refractivity contribution is 8.34. The highest BCUT2D eigenvalue weighted by atomic mass is 127. The van der Waals surface area contributed by atoms with Crippen LogP contribution in [0, 0.1) is 0 Å². The Balaban J connectivity index is 2.65. The van der Waals surface area contributed by atoms with Crippen molar-refractivity contribution >= 4 is 16.4 Å². The quantitative estimate of drug-likeness (QED) is 0.593. The van der Waals surface area contributed by atoms with E-state index in [4.69, 9.17) is 0 Å². The summed E-state index contributed by atoms with van der Waals surface area (Å²) in [5.41, 5.74) is -4.38. The van der Waals surface area contributed by atoms with Gasteiger partial charge in [-0.05, 0) is 24.6 Å². The Hall–Kier alpha value is -0.290. The molecule has 0 spiro atoms. The summed E-state index contributed by atoms with van der Waals surface area (Å²) in [6.45, 7) is 1.25. The van der Waals surface area contributed by atoms with E-state index in [1.807, 2.05) is 0 Å². The zero-order chi connectivity index (χ0) is 13.6. The van der Waals surface area contributed by atoms with Crippen molar-refractivity contribution in [2.24, 2.45) is 0 Å². The lowest BCUT2D eigenvalue weighted by molar-refractivity contribution is -1.62. The molecule has 1 unspecified atom stereocenters. The molecule has 0 fully saturated rings. The second-order valence-electron chi connectivity index (χ2n) is 3.55. The molecule has 1 atom stereocenters. The molecule has 2 rings (SSSR count). The zero-order valence-corrected chi connectivity index (χ0v) is 12.0. The minimum atomic E-state index is -4.75. The van der Waals surface area contributed by atoms with E-state index in [2.05, 4.69) is 2.51 Å². The largest absolute Gasteiger partial charge is 0.520 e. The fourth-order valence-corrected chi connectivity index (χ4v) is 7.58. The van der Waals surface area contributed by atoms with Crippen molar-refractivity contribution in [3.8, 4) is 0 Å². The predicted molar refractivity (Wildman–Crippen MR) is 53.1 cm³/mol. The van der Waals surface area contributed by atoms with Crippen LogP contribution in [0.25, 0.3) is 6.08 Å². The number of hydrogen-bond acceptors (Lipinski definition) is 3. The predicted octanol–water partition coefficient (Wildman–Crippen LogP) is -1.23. The third kappa shape index (κ3) is 2.05. The number of halogens is 4. The van der Waals surface area contributed by atoms with Crippen molar-refractivity contribution in [2.75, 3.05) is 0 Å². The lowest BCUT2D eigenvalue weighted by atomic mass is 10.2. The molecular formula is C10H8F3IO3S. The topological polar surface area (TPSA) is 55.3 Å². The maximum absolute atomic E-state index is 13.3. The van der Waals surface area contributed by atoms with Gasteiger partial charge in [-0.15, -0.1) is 0 Å². The van der Waals surface area contributed by atoms with Crippen LogP contribution in [-0.4, -0.2) is 5.51 Å². The number of benzene rings is 1. The Bertz CT molecular complexity index is 503. The lowest BCUT2D eigenvalue weighted by Gasteiger charge is -2.32. The molecular weight excluding hydrogens is 384 g/mol. The van der Waals surface area contributed by atoms with Gasteiger partial charge in [0.05, 0.1) is 0 Å². The van der Waals surface area contributed by atoms with Gasteiger partial charge in [0.2, 0.25) is 0 Å². The summed E-state index contributed by atoms with van der Waals surface area (Å²) in [6.07, 6.45) is 1.33. The third-order valence-corrected chi connectivity index (χ3v) is 7.97. The smallest absolute Gasteiger partial charge is 0.395 e. The summed E-state index contributed by atoms with van der Waals surface area (Å²) in [5.74, 6) is 0. The Morgan fingerprint density at radius 3 is 2.39 bits per heavy atom. The van der Waals surface area contributed by atoms with Gasteiger partial charge in [-0.25, -0.2) is 0 Å². The average Bonchev–Trinajstić information content (AvgIpc) is 2.51. The van der Waals surface area contributed by atoms with E-state index < -0.39 is 36.9 Å². The summed E-state index contributed by atoms with van der Waals surface area (Å²) in [5, 5.41) is 0. The Kier molecular flexibility index (Phi) is 3.67. The molecule has 18 heavy (non-hydrogen) atoms. The van der Waals surface area contributed by atoms with Gasteiger partial charge in [0.1, 0.15) is 10.3 Å². The molecule has 1 aromatic rings. The van der Waals surface area contributed by atoms with Crippen LogP contribution in [0.1, 0.15) is 12.5 Å². The fourth-order valence-electron chi connectivity index (χ4n) is 1.84. The molecule has 0 amide bonds. The van der Waals surface area contributed by atoms with E-state index in [9.17, 15) is 20.0 Å². The van der Waals surface area contributed by atoms with Crippen molar-refractivity contribution in [1.29, 1.82) is 0 Å². The molecule has 100 valence electrons. The monoisotopic (exact) mass is 392 g/mol. The van der Waals surface area contributed by atoms with E-state index >= 15 is 0 Å². The minimum absolute atomic E-state index is 0.0924. The molecule has 0 bridgehead atoms. The third-order valence-electron chi connectivity index (χ3n) is 2.51. The first-order chi connectivity index (χ1) is 8.29. The highest BCUT2D eigenvalue weighted by Crippen LogP contribution is 2.75. The number of fused-ring (bicyclic) bond motifs is 1. The Morgan fingerprint density at radius 1 is 1.22 bits per heavy atom. The summed E-state index contributed by atoms with van der Waals surface area (Å²) in [6, 6.07) is 5.82. The van der Waals surface area contributed by atoms with Gasteiger partial charge in [0.25, 0.3) is 0 Å². The summed E-state index contributed by atoms with van der Waals surface area (Å²) in [7, 11) is -3.91. The van der Waals surface area contributed by atoms with Crippen LogP contribution >= 0.6 is 10.3 Å². The number of alkyl halides is 3. The number of rotatable bonds is 2. The van der Waals surface area contributed by atoms with Crippen LogP contribution in [0.2, 0.25) is 0 Å². The first-order valence-electron chi connectivity index (χ1n) is 4.71. The van der Waals surface area contributed by atoms with Crippen molar-refractivity contribution < 1.29 is 43.6 Å². The molecule has 0 saturated carbocycles. The molecule has 0 N–H and O–H groups in total. The first-order valence-corrected chi connectivity index (χ1v) is 8.91. The van der Waals surface area contributed by atoms with Gasteiger partial charge >= 0.3 is 26.6 Å². The standard InChI is InChI=1S/C10H8F3IO3S/c1-7-6-8-4-2-3-5-9(8)18(7,10(11,12)13)17-14(15)16/h2-6H,1H3. The van der Waals surface area contributed by atoms with Crippen LogP contribution in [0.5, 0.6) is 0 Å². The summed E-state index contributed by atoms with van der Waals surface area (Å²) < 4.78 is 65.9. The Labute approximate surface area is 112 Å². The van der Waals surface area contributed by atoms with Crippen molar-refractivity contribution in [3.05, 3.63) is 34.7 Å². The van der Waals surface area contributed by atoms with Gasteiger partial charge in [0.15, 0.2) is 0 Å². The fraction of sp³-hybridized carbons (Fsp3) is 0.200. The van der Waals surface area contributed by atoms with Crippen LogP contribution in [0.4, 0.5) is 13.2 Å². The molecule has 8 heteroatoms. The molecule has 3 nitrogen and oxygen atoms in total. The van der Waals surface area contributed by atoms with E-state index in [1.165, 1.54) is 31.2 Å². The molecule has 0 radical (unpaired) electrons. The van der Waals surface area contributed by atoms with Crippen molar-refractivity contribution in [2.45, 2.75) is 17.3 Å². The maximum Gasteiger partial charge on any atom is 0.520 e. The second kappa shape index (κ2) is 4.67. The summed E-state index contributed by atoms with van der Waals surface area (Å²) >= 11 is -4.48. The van der Waals surface area contributed by atoms with Gasteiger partial charge in [-0.1, -0.05) is 18.2 Å².